The van der Waals surface area contributed by atoms with Crippen LogP contribution in [0.2, 0.25) is 0 Å². The van der Waals surface area contributed by atoms with Gasteiger partial charge in [0.2, 0.25) is 0 Å². The first-order valence-electron chi connectivity index (χ1n) is 5.43. The number of benzene rings is 1. The lowest BCUT2D eigenvalue weighted by molar-refractivity contribution is 0.0928. The van der Waals surface area contributed by atoms with Crippen LogP contribution in [0.3, 0.4) is 0 Å². The van der Waals surface area contributed by atoms with Crippen LogP contribution in [0.25, 0.3) is 10.1 Å². The standard InChI is InChI=1S/C12H11FN2OS/c13-8-2-1-7-3-11(17-10(7)4-8)12(16)15-9-5-14-6-9/h1-4,9,14H,5-6H2,(H,15,16). The van der Waals surface area contributed by atoms with E-state index < -0.39 is 0 Å². The Morgan fingerprint density at radius 1 is 1.41 bits per heavy atom. The molecule has 0 radical (unpaired) electrons. The third kappa shape index (κ3) is 2.03. The SMILES string of the molecule is O=C(NC1CNC1)c1cc2ccc(F)cc2s1. The lowest BCUT2D eigenvalue weighted by atomic mass is 10.2. The van der Waals surface area contributed by atoms with E-state index >= 15 is 0 Å². The molecule has 0 saturated carbocycles. The van der Waals surface area contributed by atoms with Crippen LogP contribution in [-0.2, 0) is 0 Å². The van der Waals surface area contributed by atoms with E-state index in [4.69, 9.17) is 0 Å². The van der Waals surface area contributed by atoms with E-state index in [1.165, 1.54) is 23.5 Å². The predicted octanol–water partition coefficient (Wildman–Crippen LogP) is 1.74. The first-order chi connectivity index (χ1) is 8.22. The van der Waals surface area contributed by atoms with E-state index in [-0.39, 0.29) is 17.8 Å². The van der Waals surface area contributed by atoms with E-state index in [0.717, 1.165) is 23.2 Å². The number of hydrogen-bond acceptors (Lipinski definition) is 3. The second kappa shape index (κ2) is 4.09. The Morgan fingerprint density at radius 2 is 2.24 bits per heavy atom. The minimum absolute atomic E-state index is 0.0712. The Hall–Kier alpha value is -1.46. The number of carbonyl (C=O) groups excluding carboxylic acids is 1. The highest BCUT2D eigenvalue weighted by Crippen LogP contribution is 2.26. The number of nitrogens with one attached hydrogen (secondary N) is 2. The zero-order chi connectivity index (χ0) is 11.8. The largest absolute Gasteiger partial charge is 0.346 e. The zero-order valence-electron chi connectivity index (χ0n) is 9.00. The number of rotatable bonds is 2. The van der Waals surface area contributed by atoms with Crippen LogP contribution >= 0.6 is 11.3 Å². The van der Waals surface area contributed by atoms with E-state index in [1.807, 2.05) is 0 Å². The average molecular weight is 250 g/mol. The Bertz CT molecular complexity index is 577. The van der Waals surface area contributed by atoms with Crippen LogP contribution in [0.5, 0.6) is 0 Å². The Morgan fingerprint density at radius 3 is 2.94 bits per heavy atom. The number of hydrogen-bond donors (Lipinski definition) is 2. The fourth-order valence-electron chi connectivity index (χ4n) is 1.76. The summed E-state index contributed by atoms with van der Waals surface area (Å²) in [5.41, 5.74) is 0. The molecule has 88 valence electrons. The minimum atomic E-state index is -0.269. The van der Waals surface area contributed by atoms with E-state index in [9.17, 15) is 9.18 Å². The van der Waals surface area contributed by atoms with Crippen molar-refractivity contribution in [2.75, 3.05) is 13.1 Å². The van der Waals surface area contributed by atoms with E-state index in [1.54, 1.807) is 12.1 Å². The van der Waals surface area contributed by atoms with Crippen molar-refractivity contribution in [1.82, 2.24) is 10.6 Å². The van der Waals surface area contributed by atoms with Crippen molar-refractivity contribution in [3.05, 3.63) is 35.0 Å². The second-order valence-electron chi connectivity index (χ2n) is 4.12. The molecule has 1 aliphatic rings. The van der Waals surface area contributed by atoms with Crippen LogP contribution in [0.15, 0.2) is 24.3 Å². The molecule has 1 amide bonds. The molecule has 1 fully saturated rings. The molecule has 2 N–H and O–H groups in total. The summed E-state index contributed by atoms with van der Waals surface area (Å²) in [6.07, 6.45) is 0. The van der Waals surface area contributed by atoms with Gasteiger partial charge in [-0.3, -0.25) is 4.79 Å². The van der Waals surface area contributed by atoms with Gasteiger partial charge < -0.3 is 10.6 Å². The van der Waals surface area contributed by atoms with Crippen molar-refractivity contribution in [3.63, 3.8) is 0 Å². The van der Waals surface area contributed by atoms with Crippen LogP contribution in [0, 0.1) is 5.82 Å². The number of thiophene rings is 1. The lowest BCUT2D eigenvalue weighted by Crippen LogP contribution is -2.56. The summed E-state index contributed by atoms with van der Waals surface area (Å²) in [5, 5.41) is 6.93. The van der Waals surface area contributed by atoms with Crippen molar-refractivity contribution < 1.29 is 9.18 Å². The highest BCUT2D eigenvalue weighted by atomic mass is 32.1. The molecule has 2 heterocycles. The number of fused-ring (bicyclic) bond motifs is 1. The summed E-state index contributed by atoms with van der Waals surface area (Å²) in [4.78, 5) is 12.5. The maximum Gasteiger partial charge on any atom is 0.261 e. The normalized spacial score (nSPS) is 15.8. The van der Waals surface area contributed by atoms with Gasteiger partial charge in [0, 0.05) is 17.8 Å². The highest BCUT2D eigenvalue weighted by molar-refractivity contribution is 7.20. The molecule has 1 saturated heterocycles. The van der Waals surface area contributed by atoms with Gasteiger partial charge in [-0.15, -0.1) is 11.3 Å². The fraction of sp³-hybridized carbons (Fsp3) is 0.250. The molecule has 2 aromatic rings. The topological polar surface area (TPSA) is 41.1 Å². The van der Waals surface area contributed by atoms with Crippen molar-refractivity contribution >= 4 is 27.3 Å². The van der Waals surface area contributed by atoms with E-state index in [2.05, 4.69) is 10.6 Å². The van der Waals surface area contributed by atoms with Crippen LogP contribution < -0.4 is 10.6 Å². The molecule has 1 aromatic heterocycles. The van der Waals surface area contributed by atoms with E-state index in [0.29, 0.717) is 4.88 Å². The van der Waals surface area contributed by atoms with Gasteiger partial charge in [-0.25, -0.2) is 4.39 Å². The molecule has 0 aliphatic carbocycles. The highest BCUT2D eigenvalue weighted by Gasteiger charge is 2.20. The Kier molecular flexibility index (Phi) is 2.57. The summed E-state index contributed by atoms with van der Waals surface area (Å²) in [5.74, 6) is -0.340. The maximum atomic E-state index is 13.0. The summed E-state index contributed by atoms with van der Waals surface area (Å²) in [6.45, 7) is 1.65. The van der Waals surface area contributed by atoms with Crippen LogP contribution in [-0.4, -0.2) is 25.0 Å². The lowest BCUT2D eigenvalue weighted by Gasteiger charge is -2.27. The fourth-order valence-corrected chi connectivity index (χ4v) is 2.75. The molecule has 0 unspecified atom stereocenters. The average Bonchev–Trinajstić information content (AvgIpc) is 2.65. The molecule has 0 spiro atoms. The van der Waals surface area contributed by atoms with Crippen LogP contribution in [0.4, 0.5) is 4.39 Å². The molecule has 1 aromatic carbocycles. The van der Waals surface area contributed by atoms with Crippen LogP contribution in [0.1, 0.15) is 9.67 Å². The third-order valence-corrected chi connectivity index (χ3v) is 3.92. The Balaban J connectivity index is 1.86. The molecule has 3 nitrogen and oxygen atoms in total. The van der Waals surface area contributed by atoms with Gasteiger partial charge in [0.05, 0.1) is 10.9 Å². The summed E-state index contributed by atoms with van der Waals surface area (Å²) in [7, 11) is 0. The first-order valence-corrected chi connectivity index (χ1v) is 6.25. The molecule has 0 atom stereocenters. The summed E-state index contributed by atoms with van der Waals surface area (Å²) < 4.78 is 13.8. The van der Waals surface area contributed by atoms with Gasteiger partial charge >= 0.3 is 0 Å². The second-order valence-corrected chi connectivity index (χ2v) is 5.21. The number of carbonyl (C=O) groups is 1. The molecule has 0 bridgehead atoms. The monoisotopic (exact) mass is 250 g/mol. The molecule has 5 heteroatoms. The number of halogens is 1. The zero-order valence-corrected chi connectivity index (χ0v) is 9.81. The smallest absolute Gasteiger partial charge is 0.261 e. The molecule has 1 aliphatic heterocycles. The van der Waals surface area contributed by atoms with Gasteiger partial charge in [0.15, 0.2) is 0 Å². The van der Waals surface area contributed by atoms with Gasteiger partial charge in [0.25, 0.3) is 5.91 Å². The quantitative estimate of drug-likeness (QED) is 0.852. The van der Waals surface area contributed by atoms with Gasteiger partial charge in [0.1, 0.15) is 5.82 Å². The maximum absolute atomic E-state index is 13.0. The summed E-state index contributed by atoms with van der Waals surface area (Å²) >= 11 is 1.32. The number of amides is 1. The summed E-state index contributed by atoms with van der Waals surface area (Å²) in [6, 6.07) is 6.60. The van der Waals surface area contributed by atoms with Crippen molar-refractivity contribution in [2.24, 2.45) is 0 Å². The first kappa shape index (κ1) is 10.7. The third-order valence-electron chi connectivity index (χ3n) is 2.82. The van der Waals surface area contributed by atoms with Gasteiger partial charge in [-0.05, 0) is 23.6 Å². The van der Waals surface area contributed by atoms with Gasteiger partial charge in [-0.2, -0.15) is 0 Å². The molecular weight excluding hydrogens is 239 g/mol. The van der Waals surface area contributed by atoms with Gasteiger partial charge in [-0.1, -0.05) is 6.07 Å². The van der Waals surface area contributed by atoms with Crippen molar-refractivity contribution in [3.8, 4) is 0 Å². The minimum Gasteiger partial charge on any atom is -0.346 e. The predicted molar refractivity (Wildman–Crippen MR) is 65.9 cm³/mol. The molecule has 3 rings (SSSR count). The van der Waals surface area contributed by atoms with Crippen molar-refractivity contribution in [1.29, 1.82) is 0 Å². The molecule has 17 heavy (non-hydrogen) atoms. The molecular formula is C12H11FN2OS. The Labute approximate surface area is 102 Å². The van der Waals surface area contributed by atoms with Crippen molar-refractivity contribution in [2.45, 2.75) is 6.04 Å².